The van der Waals surface area contributed by atoms with Crippen molar-refractivity contribution in [2.75, 3.05) is 13.1 Å². The van der Waals surface area contributed by atoms with Gasteiger partial charge in [0.25, 0.3) is 5.91 Å². The highest BCUT2D eigenvalue weighted by molar-refractivity contribution is 9.10. The molecule has 1 saturated heterocycles. The Kier molecular flexibility index (Phi) is 6.05. The predicted molar refractivity (Wildman–Crippen MR) is 74.7 cm³/mol. The summed E-state index contributed by atoms with van der Waals surface area (Å²) in [5.41, 5.74) is 0.477. The predicted octanol–water partition coefficient (Wildman–Crippen LogP) is 2.49. The smallest absolute Gasteiger partial charge is 0.252 e. The Morgan fingerprint density at radius 2 is 2.06 bits per heavy atom. The Balaban J connectivity index is 0.00000162. The molecule has 1 heterocycles. The number of carbonyl (C=O) groups is 1. The fraction of sp³-hybridized carbons (Fsp3) is 0.417. The van der Waals surface area contributed by atoms with Gasteiger partial charge in [-0.25, -0.2) is 4.39 Å². The lowest BCUT2D eigenvalue weighted by atomic mass is 10.1. The van der Waals surface area contributed by atoms with Crippen molar-refractivity contribution in [3.63, 3.8) is 0 Å². The van der Waals surface area contributed by atoms with Crippen LogP contribution < -0.4 is 10.6 Å². The zero-order valence-electron chi connectivity index (χ0n) is 9.71. The van der Waals surface area contributed by atoms with Gasteiger partial charge < -0.3 is 10.6 Å². The molecule has 1 aliphatic heterocycles. The second-order valence-corrected chi connectivity index (χ2v) is 4.98. The summed E-state index contributed by atoms with van der Waals surface area (Å²) < 4.78 is 13.4. The quantitative estimate of drug-likeness (QED) is 0.870. The number of benzene rings is 1. The van der Waals surface area contributed by atoms with Crippen molar-refractivity contribution in [2.45, 2.75) is 18.9 Å². The van der Waals surface area contributed by atoms with Crippen LogP contribution in [0.3, 0.4) is 0 Å². The molecule has 1 aromatic carbocycles. The summed E-state index contributed by atoms with van der Waals surface area (Å²) in [5.74, 6) is -0.501. The number of carbonyl (C=O) groups excluding carboxylic acids is 1. The second-order valence-electron chi connectivity index (χ2n) is 4.12. The zero-order valence-corrected chi connectivity index (χ0v) is 12.1. The zero-order chi connectivity index (χ0) is 12.3. The first-order valence-corrected chi connectivity index (χ1v) is 6.43. The van der Waals surface area contributed by atoms with Crippen LogP contribution in [0.25, 0.3) is 0 Å². The molecule has 18 heavy (non-hydrogen) atoms. The van der Waals surface area contributed by atoms with Crippen molar-refractivity contribution >= 4 is 34.2 Å². The molecule has 1 fully saturated rings. The molecule has 0 spiro atoms. The largest absolute Gasteiger partial charge is 0.349 e. The number of hydrogen-bond donors (Lipinski definition) is 2. The van der Waals surface area contributed by atoms with E-state index < -0.39 is 0 Å². The average molecular weight is 338 g/mol. The molecule has 1 amide bonds. The fourth-order valence-corrected chi connectivity index (χ4v) is 2.43. The lowest BCUT2D eigenvalue weighted by Crippen LogP contribution is -2.42. The first-order chi connectivity index (χ1) is 8.16. The fourth-order valence-electron chi connectivity index (χ4n) is 1.90. The van der Waals surface area contributed by atoms with E-state index in [4.69, 9.17) is 0 Å². The topological polar surface area (TPSA) is 41.1 Å². The number of halogens is 3. The molecule has 6 heteroatoms. The maximum absolute atomic E-state index is 12.9. The molecular formula is C12H15BrClFN2O. The highest BCUT2D eigenvalue weighted by Crippen LogP contribution is 2.18. The molecule has 1 aromatic rings. The summed E-state index contributed by atoms with van der Waals surface area (Å²) in [4.78, 5) is 12.0. The van der Waals surface area contributed by atoms with Crippen molar-refractivity contribution in [2.24, 2.45) is 0 Å². The molecule has 100 valence electrons. The Bertz CT molecular complexity index is 425. The highest BCUT2D eigenvalue weighted by Gasteiger charge is 2.17. The third-order valence-corrected chi connectivity index (χ3v) is 3.51. The van der Waals surface area contributed by atoms with Crippen LogP contribution in [-0.4, -0.2) is 25.0 Å². The lowest BCUT2D eigenvalue weighted by Gasteiger charge is -2.23. The molecule has 0 atom stereocenters. The Hall–Kier alpha value is -0.650. The number of hydrogen-bond acceptors (Lipinski definition) is 2. The van der Waals surface area contributed by atoms with Gasteiger partial charge in [-0.3, -0.25) is 4.79 Å². The minimum absolute atomic E-state index is 0. The first kappa shape index (κ1) is 15.4. The summed E-state index contributed by atoms with van der Waals surface area (Å²) in [6.45, 7) is 1.85. The van der Waals surface area contributed by atoms with Gasteiger partial charge in [-0.1, -0.05) is 0 Å². The summed E-state index contributed by atoms with van der Waals surface area (Å²) in [7, 11) is 0. The van der Waals surface area contributed by atoms with Crippen LogP contribution in [0.2, 0.25) is 0 Å². The van der Waals surface area contributed by atoms with E-state index in [1.807, 2.05) is 0 Å². The summed E-state index contributed by atoms with van der Waals surface area (Å²) in [6.07, 6.45) is 1.87. The van der Waals surface area contributed by atoms with E-state index in [-0.39, 0.29) is 30.2 Å². The van der Waals surface area contributed by atoms with E-state index in [2.05, 4.69) is 26.6 Å². The molecule has 3 nitrogen and oxygen atoms in total. The van der Waals surface area contributed by atoms with E-state index >= 15 is 0 Å². The Morgan fingerprint density at radius 3 is 2.67 bits per heavy atom. The van der Waals surface area contributed by atoms with Crippen LogP contribution in [0.4, 0.5) is 4.39 Å². The minimum Gasteiger partial charge on any atom is -0.349 e. The third kappa shape index (κ3) is 3.93. The monoisotopic (exact) mass is 336 g/mol. The Labute approximate surface area is 120 Å². The van der Waals surface area contributed by atoms with Crippen molar-refractivity contribution in [1.82, 2.24) is 10.6 Å². The molecule has 0 aliphatic carbocycles. The van der Waals surface area contributed by atoms with Crippen molar-refractivity contribution in [3.05, 3.63) is 34.1 Å². The maximum atomic E-state index is 12.9. The molecule has 0 aromatic heterocycles. The van der Waals surface area contributed by atoms with E-state index in [1.54, 1.807) is 0 Å². The van der Waals surface area contributed by atoms with Crippen LogP contribution >= 0.6 is 28.3 Å². The van der Waals surface area contributed by atoms with E-state index in [1.165, 1.54) is 18.2 Å². The molecule has 0 radical (unpaired) electrons. The van der Waals surface area contributed by atoms with E-state index in [9.17, 15) is 9.18 Å². The summed E-state index contributed by atoms with van der Waals surface area (Å²) in [6, 6.07) is 4.30. The van der Waals surface area contributed by atoms with Crippen LogP contribution in [0.1, 0.15) is 23.2 Å². The number of amides is 1. The molecule has 0 unspecified atom stereocenters. The highest BCUT2D eigenvalue weighted by atomic mass is 79.9. The van der Waals surface area contributed by atoms with Gasteiger partial charge in [-0.05, 0) is 60.1 Å². The van der Waals surface area contributed by atoms with Gasteiger partial charge in [0.05, 0.1) is 5.56 Å². The lowest BCUT2D eigenvalue weighted by molar-refractivity contribution is 0.0928. The average Bonchev–Trinajstić information content (AvgIpc) is 2.30. The van der Waals surface area contributed by atoms with Gasteiger partial charge in [-0.15, -0.1) is 12.4 Å². The van der Waals surface area contributed by atoms with Crippen molar-refractivity contribution in [1.29, 1.82) is 0 Å². The van der Waals surface area contributed by atoms with Crippen LogP contribution in [-0.2, 0) is 0 Å². The molecule has 1 aliphatic rings. The van der Waals surface area contributed by atoms with Crippen molar-refractivity contribution < 1.29 is 9.18 Å². The summed E-state index contributed by atoms with van der Waals surface area (Å²) >= 11 is 3.20. The van der Waals surface area contributed by atoms with E-state index in [0.717, 1.165) is 25.9 Å². The normalized spacial score (nSPS) is 15.9. The molecule has 2 rings (SSSR count). The number of rotatable bonds is 2. The van der Waals surface area contributed by atoms with Gasteiger partial charge in [0, 0.05) is 10.5 Å². The van der Waals surface area contributed by atoms with Gasteiger partial charge in [0.1, 0.15) is 5.82 Å². The first-order valence-electron chi connectivity index (χ1n) is 5.63. The van der Waals surface area contributed by atoms with Crippen molar-refractivity contribution in [3.8, 4) is 0 Å². The molecule has 0 saturated carbocycles. The molecule has 0 bridgehead atoms. The maximum Gasteiger partial charge on any atom is 0.252 e. The summed E-state index contributed by atoms with van der Waals surface area (Å²) in [5, 5.41) is 6.20. The van der Waals surface area contributed by atoms with E-state index in [0.29, 0.717) is 10.0 Å². The Morgan fingerprint density at radius 1 is 1.39 bits per heavy atom. The SMILES string of the molecule is Cl.O=C(NC1CCNCC1)c1ccc(F)cc1Br. The van der Waals surface area contributed by atoms with Crippen LogP contribution in [0, 0.1) is 5.82 Å². The second kappa shape index (κ2) is 7.07. The van der Waals surface area contributed by atoms with Gasteiger partial charge in [0.15, 0.2) is 0 Å². The van der Waals surface area contributed by atoms with Crippen LogP contribution in [0.5, 0.6) is 0 Å². The molecular weight excluding hydrogens is 322 g/mol. The van der Waals surface area contributed by atoms with Gasteiger partial charge >= 0.3 is 0 Å². The number of nitrogens with one attached hydrogen (secondary N) is 2. The van der Waals surface area contributed by atoms with Gasteiger partial charge in [0.2, 0.25) is 0 Å². The van der Waals surface area contributed by atoms with Gasteiger partial charge in [-0.2, -0.15) is 0 Å². The number of piperidine rings is 1. The standard InChI is InChI=1S/C12H14BrFN2O.ClH/c13-11-7-8(14)1-2-10(11)12(17)16-9-3-5-15-6-4-9;/h1-2,7,9,15H,3-6H2,(H,16,17);1H. The van der Waals surface area contributed by atoms with Crippen LogP contribution in [0.15, 0.2) is 22.7 Å². The third-order valence-electron chi connectivity index (χ3n) is 2.85. The minimum atomic E-state index is -0.352. The molecule has 2 N–H and O–H groups in total.